The number of hydrogen-bond donors (Lipinski definition) is 1. The summed E-state index contributed by atoms with van der Waals surface area (Å²) in [5.41, 5.74) is 2.61. The summed E-state index contributed by atoms with van der Waals surface area (Å²) < 4.78 is 1.69. The van der Waals surface area contributed by atoms with Crippen molar-refractivity contribution < 1.29 is 9.90 Å². The van der Waals surface area contributed by atoms with E-state index >= 15 is 0 Å². The van der Waals surface area contributed by atoms with Crippen LogP contribution in [0.1, 0.15) is 16.8 Å². The van der Waals surface area contributed by atoms with Gasteiger partial charge in [-0.05, 0) is 24.1 Å². The Hall–Kier alpha value is -2.36. The predicted molar refractivity (Wildman–Crippen MR) is 72.3 cm³/mol. The highest BCUT2D eigenvalue weighted by Crippen LogP contribution is 2.07. The molecule has 0 amide bonds. The molecule has 1 N–H and O–H groups in total. The normalized spacial score (nSPS) is 10.4. The molecule has 0 aliphatic heterocycles. The lowest BCUT2D eigenvalue weighted by atomic mass is 10.1. The summed E-state index contributed by atoms with van der Waals surface area (Å²) in [7, 11) is 0. The van der Waals surface area contributed by atoms with Gasteiger partial charge in [0.1, 0.15) is 0 Å². The quantitative estimate of drug-likeness (QED) is 0.909. The van der Waals surface area contributed by atoms with E-state index in [1.807, 2.05) is 25.1 Å². The molecule has 0 bridgehead atoms. The largest absolute Gasteiger partial charge is 0.481 e. The molecule has 4 heteroatoms. The van der Waals surface area contributed by atoms with Crippen LogP contribution in [-0.4, -0.2) is 15.6 Å². The molecule has 2 aromatic rings. The van der Waals surface area contributed by atoms with Gasteiger partial charge in [0, 0.05) is 11.8 Å². The molecule has 1 aromatic carbocycles. The summed E-state index contributed by atoms with van der Waals surface area (Å²) in [6, 6.07) is 12.4. The first-order chi connectivity index (χ1) is 9.06. The molecule has 0 unspecified atom stereocenters. The molecule has 1 aromatic heterocycles. The fourth-order valence-corrected chi connectivity index (χ4v) is 1.95. The van der Waals surface area contributed by atoms with Crippen LogP contribution < -0.4 is 5.56 Å². The number of carboxylic acids is 1. The van der Waals surface area contributed by atoms with E-state index in [1.165, 1.54) is 6.07 Å². The number of nitrogens with zero attached hydrogens (tertiary/aromatic N) is 1. The topological polar surface area (TPSA) is 59.3 Å². The van der Waals surface area contributed by atoms with E-state index in [0.717, 1.165) is 16.8 Å². The van der Waals surface area contributed by atoms with Crippen molar-refractivity contribution in [1.29, 1.82) is 0 Å². The van der Waals surface area contributed by atoms with Crippen molar-refractivity contribution in [2.75, 3.05) is 0 Å². The molecule has 0 spiro atoms. The molecule has 98 valence electrons. The first-order valence-electron chi connectivity index (χ1n) is 6.02. The number of benzene rings is 1. The van der Waals surface area contributed by atoms with Gasteiger partial charge in [-0.2, -0.15) is 0 Å². The van der Waals surface area contributed by atoms with Gasteiger partial charge >= 0.3 is 5.97 Å². The van der Waals surface area contributed by atoms with Crippen LogP contribution in [0.5, 0.6) is 0 Å². The van der Waals surface area contributed by atoms with Crippen LogP contribution in [0.25, 0.3) is 0 Å². The van der Waals surface area contributed by atoms with Crippen molar-refractivity contribution in [3.8, 4) is 0 Å². The van der Waals surface area contributed by atoms with E-state index in [0.29, 0.717) is 6.54 Å². The van der Waals surface area contributed by atoms with Gasteiger partial charge in [0.2, 0.25) is 0 Å². The van der Waals surface area contributed by atoms with Crippen molar-refractivity contribution in [3.05, 3.63) is 69.6 Å². The summed E-state index contributed by atoms with van der Waals surface area (Å²) in [5.74, 6) is -0.845. The summed E-state index contributed by atoms with van der Waals surface area (Å²) in [4.78, 5) is 22.3. The molecule has 0 fully saturated rings. The van der Waals surface area contributed by atoms with E-state index in [9.17, 15) is 9.59 Å². The zero-order valence-electron chi connectivity index (χ0n) is 10.7. The molecule has 1 heterocycles. The zero-order chi connectivity index (χ0) is 13.8. The highest BCUT2D eigenvalue weighted by Gasteiger charge is 2.03. The van der Waals surface area contributed by atoms with Crippen molar-refractivity contribution >= 4 is 5.97 Å². The number of aromatic nitrogens is 1. The van der Waals surface area contributed by atoms with Crippen LogP contribution >= 0.6 is 0 Å². The standard InChI is InChI=1S/C15H15NO3/c1-11-3-2-4-14(17)16(11)10-13-7-5-12(6-8-13)9-15(18)19/h2-8H,9-10H2,1H3,(H,18,19). The molecule has 2 rings (SSSR count). The van der Waals surface area contributed by atoms with E-state index in [1.54, 1.807) is 22.8 Å². The molecule has 0 saturated carbocycles. The van der Waals surface area contributed by atoms with Crippen molar-refractivity contribution in [2.45, 2.75) is 19.9 Å². The maximum atomic E-state index is 11.7. The van der Waals surface area contributed by atoms with Crippen molar-refractivity contribution in [2.24, 2.45) is 0 Å². The van der Waals surface area contributed by atoms with Crippen LogP contribution in [-0.2, 0) is 17.8 Å². The molecule has 0 saturated heterocycles. The second kappa shape index (κ2) is 5.52. The van der Waals surface area contributed by atoms with Gasteiger partial charge in [-0.1, -0.05) is 30.3 Å². The molecule has 0 aliphatic carbocycles. The van der Waals surface area contributed by atoms with Gasteiger partial charge in [0.15, 0.2) is 0 Å². The predicted octanol–water partition coefficient (Wildman–Crippen LogP) is 1.83. The zero-order valence-corrected chi connectivity index (χ0v) is 10.7. The van der Waals surface area contributed by atoms with E-state index in [2.05, 4.69) is 0 Å². The number of carboxylic acid groups (broad SMARTS) is 1. The Balaban J connectivity index is 2.20. The third-order valence-electron chi connectivity index (χ3n) is 2.99. The molecular weight excluding hydrogens is 242 g/mol. The molecule has 0 radical (unpaired) electrons. The average molecular weight is 257 g/mol. The molecular formula is C15H15NO3. The molecule has 19 heavy (non-hydrogen) atoms. The second-order valence-corrected chi connectivity index (χ2v) is 4.48. The maximum absolute atomic E-state index is 11.7. The Morgan fingerprint density at radius 1 is 1.11 bits per heavy atom. The number of hydrogen-bond acceptors (Lipinski definition) is 2. The molecule has 0 aliphatic rings. The van der Waals surface area contributed by atoms with Crippen LogP contribution in [0.2, 0.25) is 0 Å². The van der Waals surface area contributed by atoms with Gasteiger partial charge < -0.3 is 9.67 Å². The summed E-state index contributed by atoms with van der Waals surface area (Å²) in [5, 5.41) is 8.70. The fourth-order valence-electron chi connectivity index (χ4n) is 1.95. The minimum atomic E-state index is -0.845. The number of pyridine rings is 1. The summed E-state index contributed by atoms with van der Waals surface area (Å²) >= 11 is 0. The number of aryl methyl sites for hydroxylation is 1. The van der Waals surface area contributed by atoms with Crippen LogP contribution in [0.15, 0.2) is 47.3 Å². The number of rotatable bonds is 4. The van der Waals surface area contributed by atoms with Gasteiger partial charge in [-0.15, -0.1) is 0 Å². The summed E-state index contributed by atoms with van der Waals surface area (Å²) in [6.07, 6.45) is 0.0184. The van der Waals surface area contributed by atoms with Crippen LogP contribution in [0, 0.1) is 6.92 Å². The lowest BCUT2D eigenvalue weighted by Gasteiger charge is -2.09. The Kier molecular flexibility index (Phi) is 3.80. The lowest BCUT2D eigenvalue weighted by Crippen LogP contribution is -2.21. The van der Waals surface area contributed by atoms with Gasteiger partial charge in [0.05, 0.1) is 13.0 Å². The van der Waals surface area contributed by atoms with E-state index in [-0.39, 0.29) is 12.0 Å². The Morgan fingerprint density at radius 3 is 2.32 bits per heavy atom. The Bertz CT molecular complexity index is 641. The molecule has 4 nitrogen and oxygen atoms in total. The maximum Gasteiger partial charge on any atom is 0.307 e. The lowest BCUT2D eigenvalue weighted by molar-refractivity contribution is -0.136. The minimum absolute atomic E-state index is 0.0184. The van der Waals surface area contributed by atoms with Gasteiger partial charge in [-0.25, -0.2) is 0 Å². The first kappa shape index (κ1) is 13.1. The third-order valence-corrected chi connectivity index (χ3v) is 2.99. The van der Waals surface area contributed by atoms with Gasteiger partial charge in [-0.3, -0.25) is 9.59 Å². The van der Waals surface area contributed by atoms with Crippen LogP contribution in [0.4, 0.5) is 0 Å². The SMILES string of the molecule is Cc1cccc(=O)n1Cc1ccc(CC(=O)O)cc1. The first-order valence-corrected chi connectivity index (χ1v) is 6.02. The third kappa shape index (κ3) is 3.31. The highest BCUT2D eigenvalue weighted by molar-refractivity contribution is 5.70. The Morgan fingerprint density at radius 2 is 1.74 bits per heavy atom. The smallest absolute Gasteiger partial charge is 0.307 e. The van der Waals surface area contributed by atoms with Crippen molar-refractivity contribution in [1.82, 2.24) is 4.57 Å². The Labute approximate surface area is 110 Å². The summed E-state index contributed by atoms with van der Waals surface area (Å²) in [6.45, 7) is 2.39. The number of carbonyl (C=O) groups is 1. The van der Waals surface area contributed by atoms with E-state index in [4.69, 9.17) is 5.11 Å². The van der Waals surface area contributed by atoms with Gasteiger partial charge in [0.25, 0.3) is 5.56 Å². The second-order valence-electron chi connectivity index (χ2n) is 4.48. The monoisotopic (exact) mass is 257 g/mol. The molecule has 0 atom stereocenters. The average Bonchev–Trinajstić information content (AvgIpc) is 2.35. The fraction of sp³-hybridized carbons (Fsp3) is 0.200. The van der Waals surface area contributed by atoms with Crippen LogP contribution in [0.3, 0.4) is 0 Å². The van der Waals surface area contributed by atoms with Crippen molar-refractivity contribution in [3.63, 3.8) is 0 Å². The van der Waals surface area contributed by atoms with E-state index < -0.39 is 5.97 Å². The number of aliphatic carboxylic acids is 1. The highest BCUT2D eigenvalue weighted by atomic mass is 16.4. The minimum Gasteiger partial charge on any atom is -0.481 e.